The zero-order valence-electron chi connectivity index (χ0n) is 13.4. The number of carbonyl (C=O) groups is 3. The maximum atomic E-state index is 12.6. The van der Waals surface area contributed by atoms with E-state index in [2.05, 4.69) is 0 Å². The molecular formula is C15H26N2O4. The van der Waals surface area contributed by atoms with Gasteiger partial charge in [-0.3, -0.25) is 14.4 Å². The second kappa shape index (κ2) is 8.00. The number of esters is 1. The van der Waals surface area contributed by atoms with Gasteiger partial charge in [-0.05, 0) is 33.6 Å². The van der Waals surface area contributed by atoms with E-state index in [1.54, 1.807) is 16.7 Å². The van der Waals surface area contributed by atoms with Crippen LogP contribution in [0, 0.1) is 5.92 Å². The molecule has 0 aromatic rings. The molecule has 6 heteroatoms. The van der Waals surface area contributed by atoms with Gasteiger partial charge < -0.3 is 14.5 Å². The topological polar surface area (TPSA) is 66.9 Å². The fraction of sp³-hybridized carbons (Fsp3) is 0.800. The Morgan fingerprint density at radius 3 is 2.52 bits per heavy atom. The minimum atomic E-state index is -0.390. The van der Waals surface area contributed by atoms with E-state index in [-0.39, 0.29) is 30.3 Å². The van der Waals surface area contributed by atoms with Gasteiger partial charge in [-0.15, -0.1) is 0 Å². The first-order valence-corrected chi connectivity index (χ1v) is 7.58. The highest BCUT2D eigenvalue weighted by atomic mass is 16.5. The molecule has 1 atom stereocenters. The van der Waals surface area contributed by atoms with Crippen LogP contribution in [-0.2, 0) is 19.1 Å². The van der Waals surface area contributed by atoms with Crippen LogP contribution in [0.15, 0.2) is 0 Å². The van der Waals surface area contributed by atoms with E-state index in [0.717, 1.165) is 12.8 Å². The van der Waals surface area contributed by atoms with Crippen LogP contribution in [0.25, 0.3) is 0 Å². The summed E-state index contributed by atoms with van der Waals surface area (Å²) in [6.07, 6.45) is 1.58. The van der Waals surface area contributed by atoms with Gasteiger partial charge in [-0.2, -0.15) is 0 Å². The molecule has 0 spiro atoms. The summed E-state index contributed by atoms with van der Waals surface area (Å²) >= 11 is 0. The smallest absolute Gasteiger partial charge is 0.325 e. The van der Waals surface area contributed by atoms with Crippen molar-refractivity contribution in [1.29, 1.82) is 0 Å². The SMILES string of the molecule is CCOC(=O)CN(C(=O)C1CCCN(C(C)=O)C1)C(C)C. The number of hydrogen-bond donors (Lipinski definition) is 0. The molecular weight excluding hydrogens is 272 g/mol. The molecule has 0 saturated carbocycles. The number of hydrogen-bond acceptors (Lipinski definition) is 4. The minimum Gasteiger partial charge on any atom is -0.465 e. The van der Waals surface area contributed by atoms with Crippen molar-refractivity contribution in [2.75, 3.05) is 26.2 Å². The molecule has 1 rings (SSSR count). The molecule has 0 N–H and O–H groups in total. The summed E-state index contributed by atoms with van der Waals surface area (Å²) in [7, 11) is 0. The maximum Gasteiger partial charge on any atom is 0.325 e. The quantitative estimate of drug-likeness (QED) is 0.711. The lowest BCUT2D eigenvalue weighted by molar-refractivity contribution is -0.153. The van der Waals surface area contributed by atoms with Crippen LogP contribution in [0.5, 0.6) is 0 Å². The van der Waals surface area contributed by atoms with Crippen LogP contribution >= 0.6 is 0 Å². The third-order valence-corrected chi connectivity index (χ3v) is 3.73. The van der Waals surface area contributed by atoms with Gasteiger partial charge in [0.15, 0.2) is 0 Å². The van der Waals surface area contributed by atoms with Crippen molar-refractivity contribution in [1.82, 2.24) is 9.80 Å². The number of ether oxygens (including phenoxy) is 1. The summed E-state index contributed by atoms with van der Waals surface area (Å²) in [6, 6.07) is -0.0744. The Bertz CT molecular complexity index is 395. The number of nitrogens with zero attached hydrogens (tertiary/aromatic N) is 2. The first-order valence-electron chi connectivity index (χ1n) is 7.58. The molecule has 0 aliphatic carbocycles. The van der Waals surface area contributed by atoms with E-state index >= 15 is 0 Å². The van der Waals surface area contributed by atoms with E-state index < -0.39 is 5.97 Å². The predicted molar refractivity (Wildman–Crippen MR) is 78.5 cm³/mol. The molecule has 1 aliphatic heterocycles. The minimum absolute atomic E-state index is 0.00557. The van der Waals surface area contributed by atoms with Crippen LogP contribution < -0.4 is 0 Å². The van der Waals surface area contributed by atoms with E-state index in [1.807, 2.05) is 13.8 Å². The first kappa shape index (κ1) is 17.5. The Kier molecular flexibility index (Phi) is 6.65. The predicted octanol–water partition coefficient (Wildman–Crippen LogP) is 1.04. The summed E-state index contributed by atoms with van der Waals surface area (Å²) in [5, 5.41) is 0. The van der Waals surface area contributed by atoms with Gasteiger partial charge in [-0.25, -0.2) is 0 Å². The van der Waals surface area contributed by atoms with Crippen molar-refractivity contribution >= 4 is 17.8 Å². The van der Waals surface area contributed by atoms with Gasteiger partial charge in [0.05, 0.1) is 12.5 Å². The molecule has 21 heavy (non-hydrogen) atoms. The number of amides is 2. The normalized spacial score (nSPS) is 18.5. The highest BCUT2D eigenvalue weighted by Crippen LogP contribution is 2.20. The Balaban J connectivity index is 2.71. The molecule has 120 valence electrons. The van der Waals surface area contributed by atoms with Crippen molar-refractivity contribution in [2.24, 2.45) is 5.92 Å². The van der Waals surface area contributed by atoms with Gasteiger partial charge in [-0.1, -0.05) is 0 Å². The van der Waals surface area contributed by atoms with Crippen LogP contribution in [0.2, 0.25) is 0 Å². The summed E-state index contributed by atoms with van der Waals surface area (Å²) in [4.78, 5) is 39.0. The molecule has 0 aromatic heterocycles. The lowest BCUT2D eigenvalue weighted by Crippen LogP contribution is -2.49. The van der Waals surface area contributed by atoms with Crippen molar-refractivity contribution < 1.29 is 19.1 Å². The van der Waals surface area contributed by atoms with Crippen LogP contribution in [0.1, 0.15) is 40.5 Å². The highest BCUT2D eigenvalue weighted by Gasteiger charge is 2.32. The van der Waals surface area contributed by atoms with Crippen molar-refractivity contribution in [3.63, 3.8) is 0 Å². The largest absolute Gasteiger partial charge is 0.465 e. The summed E-state index contributed by atoms with van der Waals surface area (Å²) in [6.45, 7) is 8.45. The summed E-state index contributed by atoms with van der Waals surface area (Å²) in [5.41, 5.74) is 0. The van der Waals surface area contributed by atoms with E-state index in [4.69, 9.17) is 4.74 Å². The third-order valence-electron chi connectivity index (χ3n) is 3.73. The Labute approximate surface area is 126 Å². The third kappa shape index (κ3) is 5.02. The molecule has 1 fully saturated rings. The number of carbonyl (C=O) groups excluding carboxylic acids is 3. The molecule has 2 amide bonds. The molecule has 1 heterocycles. The van der Waals surface area contributed by atoms with E-state index in [1.165, 1.54) is 6.92 Å². The zero-order valence-corrected chi connectivity index (χ0v) is 13.4. The maximum absolute atomic E-state index is 12.6. The second-order valence-corrected chi connectivity index (χ2v) is 5.67. The first-order chi connectivity index (χ1) is 9.86. The van der Waals surface area contributed by atoms with Crippen molar-refractivity contribution in [2.45, 2.75) is 46.6 Å². The molecule has 1 saturated heterocycles. The fourth-order valence-electron chi connectivity index (χ4n) is 2.56. The number of piperidine rings is 1. The monoisotopic (exact) mass is 298 g/mol. The fourth-order valence-corrected chi connectivity index (χ4v) is 2.56. The molecule has 6 nitrogen and oxygen atoms in total. The Hall–Kier alpha value is -1.59. The van der Waals surface area contributed by atoms with Gasteiger partial charge in [0.25, 0.3) is 0 Å². The van der Waals surface area contributed by atoms with E-state index in [0.29, 0.717) is 19.7 Å². The Morgan fingerprint density at radius 1 is 1.33 bits per heavy atom. The molecule has 1 unspecified atom stereocenters. The van der Waals surface area contributed by atoms with Crippen LogP contribution in [-0.4, -0.2) is 59.9 Å². The highest BCUT2D eigenvalue weighted by molar-refractivity contribution is 5.85. The van der Waals surface area contributed by atoms with Crippen LogP contribution in [0.3, 0.4) is 0 Å². The van der Waals surface area contributed by atoms with Crippen molar-refractivity contribution in [3.05, 3.63) is 0 Å². The van der Waals surface area contributed by atoms with Crippen molar-refractivity contribution in [3.8, 4) is 0 Å². The average Bonchev–Trinajstić information content (AvgIpc) is 2.44. The summed E-state index contributed by atoms with van der Waals surface area (Å²) < 4.78 is 4.92. The second-order valence-electron chi connectivity index (χ2n) is 5.67. The summed E-state index contributed by atoms with van der Waals surface area (Å²) in [5.74, 6) is -0.684. The Morgan fingerprint density at radius 2 is 2.00 bits per heavy atom. The molecule has 0 bridgehead atoms. The van der Waals surface area contributed by atoms with Gasteiger partial charge in [0.1, 0.15) is 6.54 Å². The van der Waals surface area contributed by atoms with E-state index in [9.17, 15) is 14.4 Å². The van der Waals surface area contributed by atoms with Crippen LogP contribution in [0.4, 0.5) is 0 Å². The van der Waals surface area contributed by atoms with Gasteiger partial charge in [0, 0.05) is 26.1 Å². The molecule has 0 aromatic carbocycles. The number of rotatable bonds is 5. The lowest BCUT2D eigenvalue weighted by atomic mass is 9.96. The zero-order chi connectivity index (χ0) is 16.0. The molecule has 0 radical (unpaired) electrons. The molecule has 1 aliphatic rings. The van der Waals surface area contributed by atoms with Gasteiger partial charge in [0.2, 0.25) is 11.8 Å². The van der Waals surface area contributed by atoms with Gasteiger partial charge >= 0.3 is 5.97 Å². The number of likely N-dealkylation sites (tertiary alicyclic amines) is 1. The lowest BCUT2D eigenvalue weighted by Gasteiger charge is -2.35. The standard InChI is InChI=1S/C15H26N2O4/c1-5-21-14(19)10-17(11(2)3)15(20)13-7-6-8-16(9-13)12(4)18/h11,13H,5-10H2,1-4H3. The average molecular weight is 298 g/mol.